The summed E-state index contributed by atoms with van der Waals surface area (Å²) >= 11 is 0. The summed E-state index contributed by atoms with van der Waals surface area (Å²) in [5.74, 6) is 1.72. The number of hydrogen-bond acceptors (Lipinski definition) is 1. The Kier molecular flexibility index (Phi) is 6.31. The van der Waals surface area contributed by atoms with Crippen molar-refractivity contribution in [2.45, 2.75) is 64.7 Å². The van der Waals surface area contributed by atoms with Crippen LogP contribution >= 0.6 is 0 Å². The first-order chi connectivity index (χ1) is 12.2. The van der Waals surface area contributed by atoms with Crippen LogP contribution in [0.3, 0.4) is 0 Å². The lowest BCUT2D eigenvalue weighted by molar-refractivity contribution is 0.299. The van der Waals surface area contributed by atoms with Gasteiger partial charge in [-0.05, 0) is 78.2 Å². The summed E-state index contributed by atoms with van der Waals surface area (Å²) in [5.41, 5.74) is 6.78. The fourth-order valence-electron chi connectivity index (χ4n) is 4.34. The highest BCUT2D eigenvalue weighted by atomic mass is 16.2. The molecule has 0 radical (unpaired) electrons. The highest BCUT2D eigenvalue weighted by molar-refractivity contribution is 5.68. The molecule has 2 aromatic carbocycles. The van der Waals surface area contributed by atoms with E-state index in [1.165, 1.54) is 59.9 Å². The van der Waals surface area contributed by atoms with E-state index in [9.17, 15) is 0 Å². The monoisotopic (exact) mass is 336 g/mol. The standard InChI is InChI=1S/C24H32O/c1-3-18-5-8-21(9-6-18)22-10-12-23(13-11-22)24-14-7-19(15-16-25)17-20(24)4-2/h7,10-14,17-18,21,25H,3-6,8-9,15-16H2,1-2H3. The molecule has 1 N–H and O–H groups in total. The van der Waals surface area contributed by atoms with Gasteiger partial charge in [0.25, 0.3) is 0 Å². The molecule has 0 aliphatic heterocycles. The summed E-state index contributed by atoms with van der Waals surface area (Å²) in [6.45, 7) is 4.76. The van der Waals surface area contributed by atoms with Crippen LogP contribution in [0, 0.1) is 5.92 Å². The molecule has 1 fully saturated rings. The second-order valence-electron chi connectivity index (χ2n) is 7.57. The number of hydrogen-bond donors (Lipinski definition) is 1. The van der Waals surface area contributed by atoms with E-state index in [0.29, 0.717) is 0 Å². The van der Waals surface area contributed by atoms with Crippen LogP contribution in [0.5, 0.6) is 0 Å². The highest BCUT2D eigenvalue weighted by Gasteiger charge is 2.21. The molecular formula is C24H32O. The summed E-state index contributed by atoms with van der Waals surface area (Å²) < 4.78 is 0. The molecule has 1 aliphatic rings. The maximum absolute atomic E-state index is 9.16. The highest BCUT2D eigenvalue weighted by Crippen LogP contribution is 2.37. The molecule has 0 atom stereocenters. The lowest BCUT2D eigenvalue weighted by Gasteiger charge is -2.28. The van der Waals surface area contributed by atoms with Crippen LogP contribution in [0.25, 0.3) is 11.1 Å². The zero-order valence-electron chi connectivity index (χ0n) is 15.8. The zero-order valence-corrected chi connectivity index (χ0v) is 15.8. The topological polar surface area (TPSA) is 20.2 Å². The molecule has 2 aromatic rings. The predicted octanol–water partition coefficient (Wildman–Crippen LogP) is 6.13. The van der Waals surface area contributed by atoms with Crippen molar-refractivity contribution in [1.82, 2.24) is 0 Å². The summed E-state index contributed by atoms with van der Waals surface area (Å²) in [6, 6.07) is 16.0. The second kappa shape index (κ2) is 8.67. The molecule has 0 amide bonds. The van der Waals surface area contributed by atoms with Crippen molar-refractivity contribution >= 4 is 0 Å². The molecule has 0 unspecified atom stereocenters. The van der Waals surface area contributed by atoms with Crippen molar-refractivity contribution in [2.75, 3.05) is 6.61 Å². The van der Waals surface area contributed by atoms with Gasteiger partial charge in [0, 0.05) is 6.61 Å². The van der Waals surface area contributed by atoms with Gasteiger partial charge in [-0.3, -0.25) is 0 Å². The van der Waals surface area contributed by atoms with Gasteiger partial charge in [-0.15, -0.1) is 0 Å². The smallest absolute Gasteiger partial charge is 0.0471 e. The van der Waals surface area contributed by atoms with Crippen LogP contribution in [0.2, 0.25) is 0 Å². The fourth-order valence-corrected chi connectivity index (χ4v) is 4.34. The Morgan fingerprint density at radius 3 is 2.24 bits per heavy atom. The van der Waals surface area contributed by atoms with Gasteiger partial charge in [-0.2, -0.15) is 0 Å². The van der Waals surface area contributed by atoms with Crippen molar-refractivity contribution < 1.29 is 5.11 Å². The third-order valence-electron chi connectivity index (χ3n) is 6.07. The quantitative estimate of drug-likeness (QED) is 0.672. The first kappa shape index (κ1) is 18.2. The molecule has 0 bridgehead atoms. The Morgan fingerprint density at radius 1 is 0.920 bits per heavy atom. The molecular weight excluding hydrogens is 304 g/mol. The van der Waals surface area contributed by atoms with E-state index >= 15 is 0 Å². The molecule has 25 heavy (non-hydrogen) atoms. The first-order valence-electron chi connectivity index (χ1n) is 10.1. The van der Waals surface area contributed by atoms with E-state index in [0.717, 1.165) is 24.7 Å². The maximum atomic E-state index is 9.16. The average Bonchev–Trinajstić information content (AvgIpc) is 2.68. The molecule has 0 heterocycles. The van der Waals surface area contributed by atoms with E-state index in [-0.39, 0.29) is 6.61 Å². The molecule has 1 aliphatic carbocycles. The summed E-state index contributed by atoms with van der Waals surface area (Å²) in [4.78, 5) is 0. The van der Waals surface area contributed by atoms with Crippen molar-refractivity contribution in [1.29, 1.82) is 0 Å². The summed E-state index contributed by atoms with van der Waals surface area (Å²) in [5, 5.41) is 9.16. The summed E-state index contributed by atoms with van der Waals surface area (Å²) in [7, 11) is 0. The maximum Gasteiger partial charge on any atom is 0.0471 e. The van der Waals surface area contributed by atoms with Crippen molar-refractivity contribution in [3.8, 4) is 11.1 Å². The molecule has 0 saturated heterocycles. The Bertz CT molecular complexity index is 663. The largest absolute Gasteiger partial charge is 0.396 e. The van der Waals surface area contributed by atoms with E-state index in [4.69, 9.17) is 5.11 Å². The average molecular weight is 337 g/mol. The van der Waals surface area contributed by atoms with E-state index < -0.39 is 0 Å². The molecule has 0 spiro atoms. The van der Waals surface area contributed by atoms with Crippen LogP contribution in [0.15, 0.2) is 42.5 Å². The van der Waals surface area contributed by atoms with Gasteiger partial charge in [0.1, 0.15) is 0 Å². The zero-order chi connectivity index (χ0) is 17.6. The minimum atomic E-state index is 0.220. The number of rotatable bonds is 6. The van der Waals surface area contributed by atoms with Crippen LogP contribution in [-0.4, -0.2) is 11.7 Å². The molecule has 0 aromatic heterocycles. The Hall–Kier alpha value is -1.60. The number of aliphatic hydroxyl groups excluding tert-OH is 1. The third-order valence-corrected chi connectivity index (χ3v) is 6.07. The van der Waals surface area contributed by atoms with Gasteiger partial charge < -0.3 is 5.11 Å². The fraction of sp³-hybridized carbons (Fsp3) is 0.500. The van der Waals surface area contributed by atoms with Gasteiger partial charge in [-0.25, -0.2) is 0 Å². The minimum Gasteiger partial charge on any atom is -0.396 e. The van der Waals surface area contributed by atoms with E-state index in [1.807, 2.05) is 0 Å². The predicted molar refractivity (Wildman–Crippen MR) is 107 cm³/mol. The normalized spacial score (nSPS) is 20.6. The number of aryl methyl sites for hydroxylation is 1. The SMILES string of the molecule is CCc1cc(CCO)ccc1-c1ccc(C2CCC(CC)CC2)cc1. The lowest BCUT2D eigenvalue weighted by atomic mass is 9.77. The van der Waals surface area contributed by atoms with E-state index in [1.54, 1.807) is 0 Å². The number of aliphatic hydroxyl groups is 1. The summed E-state index contributed by atoms with van der Waals surface area (Å²) in [6.07, 6.45) is 8.62. The Morgan fingerprint density at radius 2 is 1.64 bits per heavy atom. The van der Waals surface area contributed by atoms with Gasteiger partial charge in [-0.1, -0.05) is 62.7 Å². The first-order valence-corrected chi connectivity index (χ1v) is 10.1. The van der Waals surface area contributed by atoms with Gasteiger partial charge in [0.2, 0.25) is 0 Å². The van der Waals surface area contributed by atoms with Crippen molar-refractivity contribution in [3.05, 3.63) is 59.2 Å². The Balaban J connectivity index is 1.76. The van der Waals surface area contributed by atoms with Crippen LogP contribution < -0.4 is 0 Å². The second-order valence-corrected chi connectivity index (χ2v) is 7.57. The van der Waals surface area contributed by atoms with Gasteiger partial charge >= 0.3 is 0 Å². The van der Waals surface area contributed by atoms with Gasteiger partial charge in [0.15, 0.2) is 0 Å². The molecule has 1 heteroatoms. The number of benzene rings is 2. The van der Waals surface area contributed by atoms with Gasteiger partial charge in [0.05, 0.1) is 0 Å². The molecule has 134 valence electrons. The van der Waals surface area contributed by atoms with E-state index in [2.05, 4.69) is 56.3 Å². The van der Waals surface area contributed by atoms with Crippen LogP contribution in [-0.2, 0) is 12.8 Å². The minimum absolute atomic E-state index is 0.220. The third kappa shape index (κ3) is 4.33. The molecule has 1 nitrogen and oxygen atoms in total. The Labute approximate surface area is 153 Å². The van der Waals surface area contributed by atoms with Crippen LogP contribution in [0.1, 0.15) is 68.6 Å². The lowest BCUT2D eigenvalue weighted by Crippen LogP contribution is -2.12. The van der Waals surface area contributed by atoms with Crippen molar-refractivity contribution in [2.24, 2.45) is 5.92 Å². The molecule has 1 saturated carbocycles. The molecule has 3 rings (SSSR count). The van der Waals surface area contributed by atoms with Crippen LogP contribution in [0.4, 0.5) is 0 Å². The van der Waals surface area contributed by atoms with Crippen molar-refractivity contribution in [3.63, 3.8) is 0 Å².